The number of fused-ring (bicyclic) bond motifs is 2. The van der Waals surface area contributed by atoms with Crippen molar-refractivity contribution >= 4 is 52.2 Å². The molecule has 3 heterocycles. The minimum Gasteiger partial charge on any atom is -0.484 e. The molecule has 0 spiro atoms. The Hall–Kier alpha value is -4.15. The fourth-order valence-corrected chi connectivity index (χ4v) is 7.57. The van der Waals surface area contributed by atoms with Crippen LogP contribution in [-0.4, -0.2) is 34.6 Å². The van der Waals surface area contributed by atoms with Gasteiger partial charge in [-0.25, -0.2) is 4.90 Å². The van der Waals surface area contributed by atoms with Crippen molar-refractivity contribution in [1.82, 2.24) is 4.98 Å². The number of nitrogens with one attached hydrogen (secondary N) is 2. The molecule has 6 rings (SSSR count). The third kappa shape index (κ3) is 4.66. The fourth-order valence-electron chi connectivity index (χ4n) is 5.05. The maximum absolute atomic E-state index is 13.8. The van der Waals surface area contributed by atoms with Crippen LogP contribution in [0.15, 0.2) is 88.7 Å². The number of carbonyl (C=O) groups excluding carboxylic acids is 3. The summed E-state index contributed by atoms with van der Waals surface area (Å²) in [6.45, 7) is 1.71. The van der Waals surface area contributed by atoms with Crippen LogP contribution in [0.5, 0.6) is 5.75 Å². The van der Waals surface area contributed by atoms with E-state index in [-0.39, 0.29) is 29.2 Å². The van der Waals surface area contributed by atoms with Gasteiger partial charge in [0.15, 0.2) is 6.61 Å². The van der Waals surface area contributed by atoms with E-state index in [4.69, 9.17) is 4.74 Å². The maximum Gasteiger partial charge on any atom is 0.305 e. The average molecular weight is 558 g/mol. The van der Waals surface area contributed by atoms with Crippen molar-refractivity contribution in [2.45, 2.75) is 23.1 Å². The van der Waals surface area contributed by atoms with Gasteiger partial charge in [-0.15, -0.1) is 0 Å². The summed E-state index contributed by atoms with van der Waals surface area (Å²) in [5, 5.41) is 2.78. The lowest BCUT2D eigenvalue weighted by Crippen LogP contribution is -2.32. The predicted molar refractivity (Wildman–Crippen MR) is 151 cm³/mol. The molecule has 3 amide bonds. The zero-order valence-corrected chi connectivity index (χ0v) is 22.4. The number of hydrogen-bond donors (Lipinski definition) is 2. The number of rotatable bonds is 6. The first kappa shape index (κ1) is 25.1. The van der Waals surface area contributed by atoms with Crippen molar-refractivity contribution in [3.8, 4) is 5.75 Å². The molecule has 2 unspecified atom stereocenters. The van der Waals surface area contributed by atoms with E-state index in [0.29, 0.717) is 22.2 Å². The summed E-state index contributed by atoms with van der Waals surface area (Å²) in [5.74, 6) is -1.67. The van der Waals surface area contributed by atoms with Crippen molar-refractivity contribution in [2.75, 3.05) is 16.8 Å². The summed E-state index contributed by atoms with van der Waals surface area (Å²) in [5.41, 5.74) is 2.91. The Morgan fingerprint density at radius 3 is 2.54 bits per heavy atom. The van der Waals surface area contributed by atoms with E-state index >= 15 is 0 Å². The zero-order valence-electron chi connectivity index (χ0n) is 20.7. The number of nitrogens with zero attached hydrogens (tertiary/aromatic N) is 1. The first-order valence-corrected chi connectivity index (χ1v) is 14.0. The molecule has 3 atom stereocenters. The number of aromatic amines is 1. The lowest BCUT2D eigenvalue weighted by Gasteiger charge is -2.30. The lowest BCUT2D eigenvalue weighted by molar-refractivity contribution is -0.122. The van der Waals surface area contributed by atoms with E-state index in [1.807, 2.05) is 43.3 Å². The standard InChI is InChI=1S/C29H23N3O5S2/c1-16-8-5-6-13-20(16)30-21(33)15-37-19-12-7-9-17(14-19)22-23-25(38-26-24(22)39-29(36)31-26)28(35)32(27(23)34)18-10-3-2-4-11-18/h2-14,22-23,25H,15H2,1H3,(H,30,33)(H,31,36)/t22-,23?,25?/m1/s1. The highest BCUT2D eigenvalue weighted by molar-refractivity contribution is 8.00. The minimum absolute atomic E-state index is 0.202. The minimum atomic E-state index is -0.693. The molecule has 4 aromatic rings. The molecule has 1 aromatic heterocycles. The molecule has 8 nitrogen and oxygen atoms in total. The van der Waals surface area contributed by atoms with E-state index in [1.54, 1.807) is 42.5 Å². The van der Waals surface area contributed by atoms with Crippen LogP contribution in [0.25, 0.3) is 0 Å². The summed E-state index contributed by atoms with van der Waals surface area (Å²) in [6.07, 6.45) is 0. The first-order chi connectivity index (χ1) is 18.9. The molecule has 39 heavy (non-hydrogen) atoms. The number of para-hydroxylation sites is 2. The fraction of sp³-hybridized carbons (Fsp3) is 0.172. The van der Waals surface area contributed by atoms with Crippen LogP contribution in [-0.2, 0) is 14.4 Å². The predicted octanol–water partition coefficient (Wildman–Crippen LogP) is 4.56. The van der Waals surface area contributed by atoms with Gasteiger partial charge >= 0.3 is 4.87 Å². The van der Waals surface area contributed by atoms with Crippen molar-refractivity contribution in [1.29, 1.82) is 0 Å². The van der Waals surface area contributed by atoms with Crippen LogP contribution in [0, 0.1) is 12.8 Å². The molecule has 1 fully saturated rings. The summed E-state index contributed by atoms with van der Waals surface area (Å²) >= 11 is 2.29. The number of thiazole rings is 1. The van der Waals surface area contributed by atoms with E-state index in [0.717, 1.165) is 27.3 Å². The molecular formula is C29H23N3O5S2. The topological polar surface area (TPSA) is 109 Å². The number of hydrogen-bond acceptors (Lipinski definition) is 7. The van der Waals surface area contributed by atoms with Gasteiger partial charge in [0.1, 0.15) is 11.0 Å². The number of thioether (sulfide) groups is 1. The number of aryl methyl sites for hydroxylation is 1. The van der Waals surface area contributed by atoms with E-state index < -0.39 is 17.1 Å². The van der Waals surface area contributed by atoms with Crippen molar-refractivity contribution in [3.63, 3.8) is 0 Å². The van der Waals surface area contributed by atoms with Gasteiger partial charge in [0.05, 0.1) is 16.6 Å². The van der Waals surface area contributed by atoms with E-state index in [2.05, 4.69) is 10.3 Å². The van der Waals surface area contributed by atoms with Gasteiger partial charge < -0.3 is 15.0 Å². The highest BCUT2D eigenvalue weighted by Crippen LogP contribution is 2.53. The monoisotopic (exact) mass is 557 g/mol. The molecule has 196 valence electrons. The smallest absolute Gasteiger partial charge is 0.305 e. The third-order valence-corrected chi connectivity index (χ3v) is 9.25. The number of anilines is 2. The quantitative estimate of drug-likeness (QED) is 0.337. The lowest BCUT2D eigenvalue weighted by atomic mass is 9.83. The number of amides is 3. The van der Waals surface area contributed by atoms with Crippen LogP contribution in [0.3, 0.4) is 0 Å². The van der Waals surface area contributed by atoms with Gasteiger partial charge in [-0.3, -0.25) is 19.2 Å². The Kier molecular flexibility index (Phi) is 6.58. The number of ether oxygens (including phenoxy) is 1. The largest absolute Gasteiger partial charge is 0.484 e. The van der Waals surface area contributed by atoms with Crippen molar-refractivity contribution in [3.05, 3.63) is 105 Å². The first-order valence-electron chi connectivity index (χ1n) is 12.3. The summed E-state index contributed by atoms with van der Waals surface area (Å²) in [6, 6.07) is 23.5. The molecule has 0 bridgehead atoms. The molecule has 0 radical (unpaired) electrons. The second-order valence-corrected chi connectivity index (χ2v) is 11.5. The molecule has 10 heteroatoms. The Morgan fingerprint density at radius 2 is 1.74 bits per heavy atom. The third-order valence-electron chi connectivity index (χ3n) is 6.84. The summed E-state index contributed by atoms with van der Waals surface area (Å²) < 4.78 is 5.81. The second-order valence-electron chi connectivity index (χ2n) is 9.32. The van der Waals surface area contributed by atoms with Gasteiger partial charge in [0, 0.05) is 16.5 Å². The number of H-pyrrole nitrogens is 1. The van der Waals surface area contributed by atoms with Gasteiger partial charge in [-0.1, -0.05) is 71.6 Å². The zero-order chi connectivity index (χ0) is 27.1. The Morgan fingerprint density at radius 1 is 0.974 bits per heavy atom. The molecule has 2 aliphatic heterocycles. The molecule has 2 aliphatic rings. The van der Waals surface area contributed by atoms with Crippen molar-refractivity contribution < 1.29 is 19.1 Å². The highest BCUT2D eigenvalue weighted by atomic mass is 32.2. The molecule has 2 N–H and O–H groups in total. The molecule has 3 aromatic carbocycles. The Labute approximate surface area is 232 Å². The molecular weight excluding hydrogens is 534 g/mol. The van der Waals surface area contributed by atoms with Gasteiger partial charge in [-0.05, 0) is 48.4 Å². The van der Waals surface area contributed by atoms with Crippen LogP contribution >= 0.6 is 23.1 Å². The average Bonchev–Trinajstić information content (AvgIpc) is 3.43. The molecule has 0 aliphatic carbocycles. The summed E-state index contributed by atoms with van der Waals surface area (Å²) in [7, 11) is 0. The normalized spacial score (nSPS) is 19.9. The van der Waals surface area contributed by atoms with E-state index in [9.17, 15) is 19.2 Å². The maximum atomic E-state index is 13.8. The van der Waals surface area contributed by atoms with Gasteiger partial charge in [-0.2, -0.15) is 0 Å². The SMILES string of the molecule is Cc1ccccc1NC(=O)COc1cccc([C@H]2c3sc(=O)[nH]c3SC3C(=O)N(c4ccccc4)C(=O)C32)c1. The highest BCUT2D eigenvalue weighted by Gasteiger charge is 2.56. The van der Waals surface area contributed by atoms with E-state index in [1.165, 1.54) is 16.7 Å². The van der Waals surface area contributed by atoms with Crippen LogP contribution in [0.2, 0.25) is 0 Å². The summed E-state index contributed by atoms with van der Waals surface area (Å²) in [4.78, 5) is 56.7. The molecule has 1 saturated heterocycles. The molecule has 0 saturated carbocycles. The second kappa shape index (κ2) is 10.2. The van der Waals surface area contributed by atoms with Gasteiger partial charge in [0.2, 0.25) is 11.8 Å². The van der Waals surface area contributed by atoms with Crippen LogP contribution in [0.1, 0.15) is 21.9 Å². The Balaban J connectivity index is 1.29. The Bertz CT molecular complexity index is 1650. The van der Waals surface area contributed by atoms with Crippen molar-refractivity contribution in [2.24, 2.45) is 5.92 Å². The van der Waals surface area contributed by atoms with Gasteiger partial charge in [0.25, 0.3) is 5.91 Å². The number of aromatic nitrogens is 1. The number of imide groups is 1. The van der Waals surface area contributed by atoms with Crippen LogP contribution < -0.4 is 19.8 Å². The number of carbonyl (C=O) groups is 3. The number of benzene rings is 3. The van der Waals surface area contributed by atoms with Crippen LogP contribution in [0.4, 0.5) is 11.4 Å².